The highest BCUT2D eigenvalue weighted by molar-refractivity contribution is 9.26. The van der Waals surface area contributed by atoms with Crippen molar-refractivity contribution in [3.63, 3.8) is 0 Å². The minimum Gasteiger partial charge on any atom is -0.398 e. The number of nitrogens with zero attached hydrogens (tertiary/aromatic N) is 2. The number of benzene rings is 2. The summed E-state index contributed by atoms with van der Waals surface area (Å²) < 4.78 is 27.2. The second-order valence-corrected chi connectivity index (χ2v) is 25.0. The first-order chi connectivity index (χ1) is 19.3. The van der Waals surface area contributed by atoms with Gasteiger partial charge >= 0.3 is 17.1 Å². The minimum atomic E-state index is -2.04. The van der Waals surface area contributed by atoms with Crippen molar-refractivity contribution >= 4 is 101 Å². The van der Waals surface area contributed by atoms with Gasteiger partial charge in [-0.1, -0.05) is 24.3 Å². The molecule has 4 aromatic rings. The lowest BCUT2D eigenvalue weighted by molar-refractivity contribution is 0.248. The number of hydrogen-bond donors (Lipinski definition) is 0. The van der Waals surface area contributed by atoms with Crippen LogP contribution in [0, 0.1) is 0 Å². The van der Waals surface area contributed by atoms with Crippen LogP contribution in [-0.2, 0) is 30.5 Å². The summed E-state index contributed by atoms with van der Waals surface area (Å²) in [7, 11) is 9.90. The Balaban J connectivity index is 1.29. The normalized spacial score (nSPS) is 12.7. The van der Waals surface area contributed by atoms with Gasteiger partial charge in [-0.15, -0.1) is 22.7 Å². The topological polar surface area (TPSA) is 62.7 Å². The van der Waals surface area contributed by atoms with Crippen molar-refractivity contribution in [3.05, 3.63) is 47.5 Å². The molecule has 0 aliphatic heterocycles. The Hall–Kier alpha value is -0.106. The molecule has 2 heterocycles. The van der Waals surface area contributed by atoms with E-state index in [1.54, 1.807) is 92.4 Å². The smallest absolute Gasteiger partial charge is 0.334 e. The maximum atomic E-state index is 5.64. The van der Waals surface area contributed by atoms with E-state index in [0.717, 1.165) is 57.5 Å². The molecule has 0 amide bonds. The Morgan fingerprint density at radius 1 is 0.650 bits per heavy atom. The molecule has 6 nitrogen and oxygen atoms in total. The lowest BCUT2D eigenvalue weighted by atomic mass is 10.1. The van der Waals surface area contributed by atoms with Gasteiger partial charge in [0.15, 0.2) is 8.68 Å². The van der Waals surface area contributed by atoms with E-state index in [1.807, 2.05) is 0 Å². The molecular formula is C26H36N2O4S6Si2. The highest BCUT2D eigenvalue weighted by Crippen LogP contribution is 2.51. The quantitative estimate of drug-likeness (QED) is 0.0609. The van der Waals surface area contributed by atoms with Crippen LogP contribution in [0.25, 0.3) is 20.4 Å². The predicted octanol–water partition coefficient (Wildman–Crippen LogP) is 9.60. The third-order valence-electron chi connectivity index (χ3n) is 7.09. The molecular weight excluding hydrogens is 653 g/mol. The summed E-state index contributed by atoms with van der Waals surface area (Å²) in [4.78, 5) is 9.95. The van der Waals surface area contributed by atoms with Gasteiger partial charge in [0, 0.05) is 28.4 Å². The van der Waals surface area contributed by atoms with E-state index in [9.17, 15) is 0 Å². The van der Waals surface area contributed by atoms with Crippen LogP contribution in [-0.4, -0.2) is 55.5 Å². The number of hydrogen-bond acceptors (Lipinski definition) is 12. The van der Waals surface area contributed by atoms with Crippen LogP contribution in [0.3, 0.4) is 0 Å². The summed E-state index contributed by atoms with van der Waals surface area (Å²) in [5, 5.41) is 0. The Bertz CT molecular complexity index is 1280. The molecule has 0 unspecified atom stereocenters. The summed E-state index contributed by atoms with van der Waals surface area (Å²) in [6, 6.07) is 15.0. The lowest BCUT2D eigenvalue weighted by Gasteiger charge is -2.22. The van der Waals surface area contributed by atoms with Crippen molar-refractivity contribution in [2.75, 3.05) is 28.4 Å². The maximum absolute atomic E-state index is 5.64. The summed E-state index contributed by atoms with van der Waals surface area (Å²) in [6.07, 6.45) is 4.04. The fourth-order valence-corrected chi connectivity index (χ4v) is 15.7. The van der Waals surface area contributed by atoms with Gasteiger partial charge in [0.2, 0.25) is 0 Å². The van der Waals surface area contributed by atoms with Crippen molar-refractivity contribution in [2.24, 2.45) is 0 Å². The van der Waals surface area contributed by atoms with E-state index in [0.29, 0.717) is 0 Å². The molecule has 0 bridgehead atoms. The maximum Gasteiger partial charge on any atom is 0.334 e. The van der Waals surface area contributed by atoms with Gasteiger partial charge in [0.1, 0.15) is 0 Å². The fourth-order valence-electron chi connectivity index (χ4n) is 4.31. The Kier molecular flexibility index (Phi) is 12.8. The van der Waals surface area contributed by atoms with E-state index >= 15 is 0 Å². The zero-order valence-corrected chi connectivity index (χ0v) is 30.6. The van der Waals surface area contributed by atoms with Crippen LogP contribution in [0.2, 0.25) is 25.2 Å². The average molecular weight is 689 g/mol. The second-order valence-electron chi connectivity index (χ2n) is 9.58. The molecule has 2 aromatic carbocycles. The SMILES string of the molecule is CO[Si](C)(CCCc1cccc2sc(SSSSc3nc4c(CCC[Si](C)(OC)OC)cccc4s3)nc12)OC. The highest BCUT2D eigenvalue weighted by Gasteiger charge is 2.28. The Morgan fingerprint density at radius 2 is 1.05 bits per heavy atom. The van der Waals surface area contributed by atoms with E-state index in [1.165, 1.54) is 20.5 Å². The predicted molar refractivity (Wildman–Crippen MR) is 184 cm³/mol. The van der Waals surface area contributed by atoms with Crippen LogP contribution in [0.1, 0.15) is 24.0 Å². The molecule has 2 aromatic heterocycles. The number of thiazole rings is 2. The third kappa shape index (κ3) is 8.72. The number of aryl methyl sites for hydroxylation is 2. The van der Waals surface area contributed by atoms with Crippen LogP contribution in [0.5, 0.6) is 0 Å². The molecule has 0 fully saturated rings. The minimum absolute atomic E-state index is 0.974. The Labute approximate surface area is 262 Å². The first kappa shape index (κ1) is 32.8. The standard InChI is InChI=1S/C26H36N2O4S6Si2/c1-29-39(5,30-2)17-9-13-19-11-7-15-21-23(19)27-25(33-21)35-37-38-36-26-28-24-20(12-8-16-22(24)34-26)14-10-18-40(6,31-3)32-4/h7-8,11-12,15-16H,9-10,13-14,17-18H2,1-6H3. The monoisotopic (exact) mass is 688 g/mol. The largest absolute Gasteiger partial charge is 0.398 e. The number of rotatable bonds is 17. The molecule has 0 saturated carbocycles. The van der Waals surface area contributed by atoms with Crippen molar-refractivity contribution in [1.82, 2.24) is 9.97 Å². The summed E-state index contributed by atoms with van der Waals surface area (Å²) in [6.45, 7) is 4.24. The van der Waals surface area contributed by atoms with Gasteiger partial charge in [-0.2, -0.15) is 0 Å². The number of fused-ring (bicyclic) bond motifs is 2. The van der Waals surface area contributed by atoms with Crippen LogP contribution < -0.4 is 0 Å². The summed E-state index contributed by atoms with van der Waals surface area (Å²) >= 11 is 3.53. The molecule has 40 heavy (non-hydrogen) atoms. The van der Waals surface area contributed by atoms with Crippen molar-refractivity contribution in [1.29, 1.82) is 0 Å². The first-order valence-corrected chi connectivity index (χ1v) is 24.5. The summed E-state index contributed by atoms with van der Waals surface area (Å²) in [5.41, 5.74) is 4.86. The van der Waals surface area contributed by atoms with Gasteiger partial charge in [-0.05, 0) is 115 Å². The number of aromatic nitrogens is 2. The molecule has 218 valence electrons. The van der Waals surface area contributed by atoms with E-state index in [2.05, 4.69) is 49.5 Å². The van der Waals surface area contributed by atoms with Crippen molar-refractivity contribution < 1.29 is 17.7 Å². The second kappa shape index (κ2) is 15.6. The molecule has 4 rings (SSSR count). The molecule has 0 radical (unpaired) electrons. The lowest BCUT2D eigenvalue weighted by Crippen LogP contribution is -2.35. The molecule has 0 saturated heterocycles. The highest BCUT2D eigenvalue weighted by atomic mass is 33.7. The van der Waals surface area contributed by atoms with E-state index < -0.39 is 17.1 Å². The van der Waals surface area contributed by atoms with E-state index in [4.69, 9.17) is 27.7 Å². The Morgan fingerprint density at radius 3 is 1.43 bits per heavy atom. The van der Waals surface area contributed by atoms with E-state index in [-0.39, 0.29) is 0 Å². The molecule has 0 spiro atoms. The molecule has 14 heteroatoms. The fraction of sp³-hybridized carbons (Fsp3) is 0.462. The van der Waals surface area contributed by atoms with Gasteiger partial charge in [-0.25, -0.2) is 9.97 Å². The average Bonchev–Trinajstić information content (AvgIpc) is 3.59. The van der Waals surface area contributed by atoms with Gasteiger partial charge < -0.3 is 17.7 Å². The van der Waals surface area contributed by atoms with Gasteiger partial charge in [-0.3, -0.25) is 0 Å². The molecule has 0 atom stereocenters. The van der Waals surface area contributed by atoms with Gasteiger partial charge in [0.25, 0.3) is 0 Å². The van der Waals surface area contributed by atoms with Crippen LogP contribution in [0.15, 0.2) is 45.1 Å². The zero-order chi connectivity index (χ0) is 28.6. The van der Waals surface area contributed by atoms with Crippen LogP contribution in [0.4, 0.5) is 0 Å². The van der Waals surface area contributed by atoms with Crippen LogP contribution >= 0.6 is 63.9 Å². The summed E-state index contributed by atoms with van der Waals surface area (Å²) in [5.74, 6) is 0. The van der Waals surface area contributed by atoms with Crippen molar-refractivity contribution in [3.8, 4) is 0 Å². The molecule has 0 N–H and O–H groups in total. The number of para-hydroxylation sites is 2. The third-order valence-corrected chi connectivity index (χ3v) is 21.7. The molecule has 0 aliphatic carbocycles. The molecule has 0 aliphatic rings. The zero-order valence-electron chi connectivity index (χ0n) is 23.7. The van der Waals surface area contributed by atoms with Gasteiger partial charge in [0.05, 0.1) is 20.4 Å². The van der Waals surface area contributed by atoms with Crippen molar-refractivity contribution in [2.45, 2.75) is 59.5 Å². The first-order valence-electron chi connectivity index (χ1n) is 13.0.